The summed E-state index contributed by atoms with van der Waals surface area (Å²) in [5.41, 5.74) is 2.72. The number of halogens is 2. The van der Waals surface area contributed by atoms with Gasteiger partial charge in [-0.05, 0) is 60.5 Å². The summed E-state index contributed by atoms with van der Waals surface area (Å²) in [6.07, 6.45) is 0.658. The molecular weight excluding hydrogens is 547 g/mol. The lowest BCUT2D eigenvalue weighted by atomic mass is 10.1. The molecule has 0 unspecified atom stereocenters. The average molecular weight is 579 g/mol. The van der Waals surface area contributed by atoms with E-state index in [-0.39, 0.29) is 34.6 Å². The molecule has 4 aromatic rings. The average Bonchev–Trinajstić information content (AvgIpc) is 3.31. The first-order valence-corrected chi connectivity index (χ1v) is 13.6. The molecule has 214 valence electrons. The molecule has 4 rings (SSSR count). The van der Waals surface area contributed by atoms with Crippen molar-refractivity contribution in [2.24, 2.45) is 5.92 Å². The predicted molar refractivity (Wildman–Crippen MR) is 159 cm³/mol. The molecule has 41 heavy (non-hydrogen) atoms. The van der Waals surface area contributed by atoms with Crippen molar-refractivity contribution in [3.63, 3.8) is 0 Å². The molecule has 0 radical (unpaired) electrons. The predicted octanol–water partition coefficient (Wildman–Crippen LogP) is 6.25. The summed E-state index contributed by atoms with van der Waals surface area (Å²) in [6, 6.07) is 18.0. The molecule has 0 fully saturated rings. The molecule has 0 aliphatic carbocycles. The van der Waals surface area contributed by atoms with Gasteiger partial charge in [-0.1, -0.05) is 43.6 Å². The fourth-order valence-corrected chi connectivity index (χ4v) is 4.55. The Hall–Kier alpha value is -4.21. The van der Waals surface area contributed by atoms with Gasteiger partial charge in [0.05, 0.1) is 16.3 Å². The van der Waals surface area contributed by atoms with E-state index in [4.69, 9.17) is 16.3 Å². The zero-order chi connectivity index (χ0) is 29.5. The molecule has 3 aromatic carbocycles. The van der Waals surface area contributed by atoms with Crippen LogP contribution in [0.3, 0.4) is 0 Å². The third-order valence-corrected chi connectivity index (χ3v) is 6.84. The lowest BCUT2D eigenvalue weighted by Crippen LogP contribution is -2.27. The Morgan fingerprint density at radius 3 is 2.49 bits per heavy atom. The number of nitrogens with zero attached hydrogens (tertiary/aromatic N) is 1. The number of benzene rings is 3. The molecule has 8 nitrogen and oxygen atoms in total. The summed E-state index contributed by atoms with van der Waals surface area (Å²) in [5.74, 6) is -1.64. The van der Waals surface area contributed by atoms with E-state index in [9.17, 15) is 18.8 Å². The zero-order valence-corrected chi connectivity index (χ0v) is 23.8. The second-order valence-electron chi connectivity index (χ2n) is 9.88. The minimum absolute atomic E-state index is 0.0852. The second-order valence-corrected chi connectivity index (χ2v) is 10.3. The Morgan fingerprint density at radius 2 is 1.76 bits per heavy atom. The molecule has 3 N–H and O–H groups in total. The van der Waals surface area contributed by atoms with Crippen LogP contribution in [0.4, 0.5) is 15.8 Å². The lowest BCUT2D eigenvalue weighted by molar-refractivity contribution is -0.124. The van der Waals surface area contributed by atoms with E-state index < -0.39 is 17.6 Å². The molecule has 0 spiro atoms. The SMILES string of the molecule is COCCCn1c(C(=O)Nc2ccccc2F)cc2cc(NC(=O)c3cc(CNC(=O)C(C)C)ccc3Cl)ccc21. The third kappa shape index (κ3) is 7.31. The van der Waals surface area contributed by atoms with Gasteiger partial charge >= 0.3 is 0 Å². The number of carbonyl (C=O) groups excluding carboxylic acids is 3. The van der Waals surface area contributed by atoms with Gasteiger partial charge in [0, 0.05) is 49.3 Å². The molecule has 0 saturated carbocycles. The van der Waals surface area contributed by atoms with Crippen molar-refractivity contribution in [2.45, 2.75) is 33.4 Å². The van der Waals surface area contributed by atoms with E-state index in [1.165, 1.54) is 12.1 Å². The summed E-state index contributed by atoms with van der Waals surface area (Å²) in [7, 11) is 1.61. The van der Waals surface area contributed by atoms with Gasteiger partial charge in [-0.3, -0.25) is 14.4 Å². The van der Waals surface area contributed by atoms with E-state index in [1.807, 2.05) is 10.6 Å². The quantitative estimate of drug-likeness (QED) is 0.183. The lowest BCUT2D eigenvalue weighted by Gasteiger charge is -2.12. The first-order chi connectivity index (χ1) is 19.7. The smallest absolute Gasteiger partial charge is 0.272 e. The third-order valence-electron chi connectivity index (χ3n) is 6.51. The number of para-hydroxylation sites is 1. The van der Waals surface area contributed by atoms with E-state index in [0.29, 0.717) is 31.0 Å². The van der Waals surface area contributed by atoms with Crippen LogP contribution in [0.2, 0.25) is 5.02 Å². The Bertz CT molecular complexity index is 1580. The van der Waals surface area contributed by atoms with Crippen molar-refractivity contribution >= 4 is 51.6 Å². The Balaban J connectivity index is 1.58. The van der Waals surface area contributed by atoms with Gasteiger partial charge in [-0.2, -0.15) is 0 Å². The number of amides is 3. The number of aromatic nitrogens is 1. The second kappa shape index (κ2) is 13.4. The van der Waals surface area contributed by atoms with Crippen molar-refractivity contribution in [2.75, 3.05) is 24.4 Å². The van der Waals surface area contributed by atoms with Gasteiger partial charge in [-0.25, -0.2) is 4.39 Å². The zero-order valence-electron chi connectivity index (χ0n) is 23.1. The molecule has 0 aliphatic rings. The van der Waals surface area contributed by atoms with Gasteiger partial charge in [0.25, 0.3) is 11.8 Å². The molecule has 0 bridgehead atoms. The van der Waals surface area contributed by atoms with Crippen LogP contribution in [0.15, 0.2) is 66.7 Å². The fourth-order valence-electron chi connectivity index (χ4n) is 4.34. The Kier molecular flexibility index (Phi) is 9.75. The highest BCUT2D eigenvalue weighted by atomic mass is 35.5. The van der Waals surface area contributed by atoms with Crippen molar-refractivity contribution < 1.29 is 23.5 Å². The van der Waals surface area contributed by atoms with Gasteiger partial charge < -0.3 is 25.3 Å². The van der Waals surface area contributed by atoms with Crippen LogP contribution in [0.1, 0.15) is 46.7 Å². The maximum atomic E-state index is 14.2. The Labute approximate surface area is 242 Å². The van der Waals surface area contributed by atoms with Crippen molar-refractivity contribution in [3.05, 3.63) is 94.4 Å². The number of ether oxygens (including phenoxy) is 1. The summed E-state index contributed by atoms with van der Waals surface area (Å²) in [6.45, 7) is 4.88. The topological polar surface area (TPSA) is 101 Å². The van der Waals surface area contributed by atoms with Crippen LogP contribution < -0.4 is 16.0 Å². The minimum Gasteiger partial charge on any atom is -0.385 e. The number of anilines is 2. The van der Waals surface area contributed by atoms with Crippen LogP contribution in [0.25, 0.3) is 10.9 Å². The molecule has 0 aliphatic heterocycles. The molecule has 3 amide bonds. The van der Waals surface area contributed by atoms with Gasteiger partial charge in [0.2, 0.25) is 5.91 Å². The summed E-state index contributed by atoms with van der Waals surface area (Å²) >= 11 is 6.33. The summed E-state index contributed by atoms with van der Waals surface area (Å²) in [4.78, 5) is 38.3. The highest BCUT2D eigenvalue weighted by molar-refractivity contribution is 6.34. The number of methoxy groups -OCH3 is 1. The highest BCUT2D eigenvalue weighted by Crippen LogP contribution is 2.27. The monoisotopic (exact) mass is 578 g/mol. The van der Waals surface area contributed by atoms with Crippen molar-refractivity contribution in [1.29, 1.82) is 0 Å². The standard InChI is InChI=1S/C31H32ClFN4O4/c1-19(2)29(38)34-18-20-9-11-24(32)23(15-20)30(39)35-22-10-12-27-21(16-22)17-28(37(27)13-6-14-41-3)31(40)36-26-8-5-4-7-25(26)33/h4-5,7-12,15-17,19H,6,13-14,18H2,1-3H3,(H,34,38)(H,35,39)(H,36,40). The minimum atomic E-state index is -0.530. The van der Waals surface area contributed by atoms with Gasteiger partial charge in [-0.15, -0.1) is 0 Å². The normalized spacial score (nSPS) is 11.1. The first kappa shape index (κ1) is 29.8. The van der Waals surface area contributed by atoms with Crippen molar-refractivity contribution in [3.8, 4) is 0 Å². The van der Waals surface area contributed by atoms with Gasteiger partial charge in [0.1, 0.15) is 11.5 Å². The number of fused-ring (bicyclic) bond motifs is 1. The van der Waals surface area contributed by atoms with E-state index in [0.717, 1.165) is 16.5 Å². The number of aryl methyl sites for hydroxylation is 1. The summed E-state index contributed by atoms with van der Waals surface area (Å²) < 4.78 is 21.2. The van der Waals surface area contributed by atoms with Crippen LogP contribution in [-0.4, -0.2) is 36.0 Å². The molecule has 0 atom stereocenters. The largest absolute Gasteiger partial charge is 0.385 e. The molecule has 10 heteroatoms. The highest BCUT2D eigenvalue weighted by Gasteiger charge is 2.19. The molecule has 1 heterocycles. The number of nitrogens with one attached hydrogen (secondary N) is 3. The maximum Gasteiger partial charge on any atom is 0.272 e. The molecular formula is C31H32ClFN4O4. The van der Waals surface area contributed by atoms with E-state index in [2.05, 4.69) is 16.0 Å². The fraction of sp³-hybridized carbons (Fsp3) is 0.258. The van der Waals surface area contributed by atoms with E-state index >= 15 is 0 Å². The van der Waals surface area contributed by atoms with Crippen molar-refractivity contribution in [1.82, 2.24) is 9.88 Å². The van der Waals surface area contributed by atoms with Crippen LogP contribution in [0.5, 0.6) is 0 Å². The van der Waals surface area contributed by atoms with Crippen LogP contribution in [-0.2, 0) is 22.6 Å². The first-order valence-electron chi connectivity index (χ1n) is 13.2. The maximum absolute atomic E-state index is 14.2. The molecule has 1 aromatic heterocycles. The van der Waals surface area contributed by atoms with Crippen LogP contribution >= 0.6 is 11.6 Å². The summed E-state index contributed by atoms with van der Waals surface area (Å²) in [5, 5.41) is 9.34. The number of hydrogen-bond donors (Lipinski definition) is 3. The van der Waals surface area contributed by atoms with Crippen LogP contribution in [0, 0.1) is 11.7 Å². The number of carbonyl (C=O) groups is 3. The van der Waals surface area contributed by atoms with E-state index in [1.54, 1.807) is 69.5 Å². The Morgan fingerprint density at radius 1 is 0.976 bits per heavy atom. The molecule has 0 saturated heterocycles. The number of rotatable bonds is 11. The number of hydrogen-bond acceptors (Lipinski definition) is 4. The van der Waals surface area contributed by atoms with Gasteiger partial charge in [0.15, 0.2) is 0 Å².